The molecule has 0 atom stereocenters. The van der Waals surface area contributed by atoms with Gasteiger partial charge in [0.1, 0.15) is 5.76 Å². The molecule has 0 aliphatic carbocycles. The average molecular weight is 225 g/mol. The smallest absolute Gasteiger partial charge is 0.138 e. The van der Waals surface area contributed by atoms with Gasteiger partial charge >= 0.3 is 0 Å². The van der Waals surface area contributed by atoms with E-state index in [9.17, 15) is 0 Å². The Balaban J connectivity index is 2.06. The van der Waals surface area contributed by atoms with Gasteiger partial charge in [-0.25, -0.2) is 0 Å². The van der Waals surface area contributed by atoms with E-state index in [0.717, 1.165) is 23.6 Å². The van der Waals surface area contributed by atoms with Crippen molar-refractivity contribution in [2.45, 2.75) is 20.4 Å². The molecule has 0 aliphatic rings. The molecule has 0 saturated heterocycles. The molecular weight excluding hydrogens is 212 g/mol. The van der Waals surface area contributed by atoms with Gasteiger partial charge in [-0.1, -0.05) is 11.2 Å². The fourth-order valence-corrected chi connectivity index (χ4v) is 2.12. The van der Waals surface area contributed by atoms with Crippen LogP contribution in [0.15, 0.2) is 35.0 Å². The van der Waals surface area contributed by atoms with Gasteiger partial charge in [0.15, 0.2) is 0 Å². The highest BCUT2D eigenvalue weighted by atomic mass is 16.5. The molecular formula is C14H13N2O. The largest absolute Gasteiger partial charge is 0.361 e. The van der Waals surface area contributed by atoms with Crippen molar-refractivity contribution < 1.29 is 4.52 Å². The van der Waals surface area contributed by atoms with Crippen LogP contribution in [0.25, 0.3) is 10.9 Å². The molecule has 85 valence electrons. The Hall–Kier alpha value is -2.03. The van der Waals surface area contributed by atoms with Gasteiger partial charge in [0.05, 0.1) is 12.2 Å². The topological polar surface area (TPSA) is 31.0 Å². The zero-order chi connectivity index (χ0) is 11.8. The number of benzene rings is 1. The molecule has 0 bridgehead atoms. The first-order chi connectivity index (χ1) is 8.25. The molecule has 2 heterocycles. The van der Waals surface area contributed by atoms with E-state index in [4.69, 9.17) is 4.52 Å². The first-order valence-corrected chi connectivity index (χ1v) is 5.62. The van der Waals surface area contributed by atoms with Crippen molar-refractivity contribution >= 4 is 10.9 Å². The fraction of sp³-hybridized carbons (Fsp3) is 0.214. The minimum absolute atomic E-state index is 0.800. The summed E-state index contributed by atoms with van der Waals surface area (Å²) in [7, 11) is 0. The average Bonchev–Trinajstić information content (AvgIpc) is 2.88. The molecule has 0 unspecified atom stereocenters. The van der Waals surface area contributed by atoms with Crippen LogP contribution < -0.4 is 0 Å². The van der Waals surface area contributed by atoms with Crippen LogP contribution >= 0.6 is 0 Å². The van der Waals surface area contributed by atoms with Crippen LogP contribution in [0.4, 0.5) is 0 Å². The lowest BCUT2D eigenvalue weighted by Crippen LogP contribution is -1.99. The number of hydrogen-bond acceptors (Lipinski definition) is 2. The van der Waals surface area contributed by atoms with E-state index in [2.05, 4.69) is 34.1 Å². The Bertz CT molecular complexity index is 644. The molecule has 3 aromatic rings. The van der Waals surface area contributed by atoms with Crippen molar-refractivity contribution in [3.8, 4) is 0 Å². The number of aryl methyl sites for hydroxylation is 2. The lowest BCUT2D eigenvalue weighted by molar-refractivity contribution is 0.392. The zero-order valence-corrected chi connectivity index (χ0v) is 9.90. The fourth-order valence-electron chi connectivity index (χ4n) is 2.12. The van der Waals surface area contributed by atoms with Crippen LogP contribution in [0.3, 0.4) is 0 Å². The Morgan fingerprint density at radius 1 is 1.35 bits per heavy atom. The van der Waals surface area contributed by atoms with Crippen molar-refractivity contribution in [1.29, 1.82) is 0 Å². The van der Waals surface area contributed by atoms with Crippen LogP contribution in [-0.2, 0) is 6.54 Å². The number of nitrogens with zero attached hydrogens (tertiary/aromatic N) is 2. The molecule has 1 radical (unpaired) electrons. The summed E-state index contributed by atoms with van der Waals surface area (Å²) < 4.78 is 7.39. The predicted molar refractivity (Wildman–Crippen MR) is 65.9 cm³/mol. The Morgan fingerprint density at radius 2 is 2.24 bits per heavy atom. The third-order valence-electron chi connectivity index (χ3n) is 3.13. The van der Waals surface area contributed by atoms with E-state index >= 15 is 0 Å². The van der Waals surface area contributed by atoms with Crippen molar-refractivity contribution in [2.24, 2.45) is 0 Å². The summed E-state index contributed by atoms with van der Waals surface area (Å²) in [6.45, 7) is 4.73. The van der Waals surface area contributed by atoms with Gasteiger partial charge in [-0.3, -0.25) is 0 Å². The highest BCUT2D eigenvalue weighted by Crippen LogP contribution is 2.19. The highest BCUT2D eigenvalue weighted by molar-refractivity contribution is 5.79. The summed E-state index contributed by atoms with van der Waals surface area (Å²) in [5.41, 5.74) is 3.34. The molecule has 0 fully saturated rings. The van der Waals surface area contributed by atoms with E-state index < -0.39 is 0 Å². The minimum atomic E-state index is 0.800. The van der Waals surface area contributed by atoms with Crippen molar-refractivity contribution in [3.63, 3.8) is 0 Å². The van der Waals surface area contributed by atoms with Crippen LogP contribution in [0.5, 0.6) is 0 Å². The highest BCUT2D eigenvalue weighted by Gasteiger charge is 2.10. The van der Waals surface area contributed by atoms with Gasteiger partial charge in [0, 0.05) is 22.7 Å². The maximum Gasteiger partial charge on any atom is 0.138 e. The third-order valence-corrected chi connectivity index (χ3v) is 3.13. The molecule has 1 aromatic carbocycles. The second-order valence-corrected chi connectivity index (χ2v) is 4.23. The molecule has 0 saturated carbocycles. The van der Waals surface area contributed by atoms with Gasteiger partial charge in [-0.15, -0.1) is 0 Å². The van der Waals surface area contributed by atoms with E-state index in [1.54, 1.807) is 0 Å². The van der Waals surface area contributed by atoms with E-state index in [1.807, 2.05) is 26.0 Å². The van der Waals surface area contributed by atoms with E-state index in [0.29, 0.717) is 0 Å². The lowest BCUT2D eigenvalue weighted by atomic mass is 10.2. The minimum Gasteiger partial charge on any atom is -0.361 e. The van der Waals surface area contributed by atoms with Gasteiger partial charge in [0.2, 0.25) is 0 Å². The number of rotatable bonds is 2. The maximum atomic E-state index is 5.19. The number of aromatic nitrogens is 2. The summed E-state index contributed by atoms with van der Waals surface area (Å²) in [6.07, 6.45) is 2.09. The molecule has 0 spiro atoms. The first kappa shape index (κ1) is 10.1. The molecule has 17 heavy (non-hydrogen) atoms. The Labute approximate surface area is 99.6 Å². The molecule has 3 nitrogen and oxygen atoms in total. The first-order valence-electron chi connectivity index (χ1n) is 5.62. The molecule has 0 N–H and O–H groups in total. The number of hydrogen-bond donors (Lipinski definition) is 0. The predicted octanol–water partition coefficient (Wildman–Crippen LogP) is 3.09. The van der Waals surface area contributed by atoms with Gasteiger partial charge in [-0.2, -0.15) is 0 Å². The molecule has 3 heteroatoms. The van der Waals surface area contributed by atoms with Crippen LogP contribution in [-0.4, -0.2) is 9.72 Å². The number of fused-ring (bicyclic) bond motifs is 1. The molecule has 3 rings (SSSR count). The zero-order valence-electron chi connectivity index (χ0n) is 9.90. The standard InChI is InChI=1S/C14H13N2O/c1-10-13(11(2)17-15-10)9-16-8-7-12-5-3-4-6-14(12)16/h4-8H,9H2,1-2H3. The van der Waals surface area contributed by atoms with Gasteiger partial charge in [-0.05, 0) is 38.1 Å². The third kappa shape index (κ3) is 1.64. The van der Waals surface area contributed by atoms with E-state index in [-0.39, 0.29) is 0 Å². The molecule has 2 aromatic heterocycles. The summed E-state index contributed by atoms with van der Waals surface area (Å²) in [5.74, 6) is 0.895. The maximum absolute atomic E-state index is 5.19. The second-order valence-electron chi connectivity index (χ2n) is 4.23. The summed E-state index contributed by atoms with van der Waals surface area (Å²) in [4.78, 5) is 0. The van der Waals surface area contributed by atoms with E-state index in [1.165, 1.54) is 10.9 Å². The van der Waals surface area contributed by atoms with Crippen molar-refractivity contribution in [2.75, 3.05) is 0 Å². The van der Waals surface area contributed by atoms with Crippen molar-refractivity contribution in [3.05, 3.63) is 53.5 Å². The monoisotopic (exact) mass is 225 g/mol. The lowest BCUT2D eigenvalue weighted by Gasteiger charge is -2.04. The normalized spacial score (nSPS) is 11.2. The quantitative estimate of drug-likeness (QED) is 0.671. The van der Waals surface area contributed by atoms with Crippen LogP contribution in [0.1, 0.15) is 17.0 Å². The summed E-state index contributed by atoms with van der Waals surface area (Å²) in [6, 6.07) is 11.2. The Kier molecular flexibility index (Phi) is 2.25. The van der Waals surface area contributed by atoms with Crippen LogP contribution in [0.2, 0.25) is 0 Å². The summed E-state index contributed by atoms with van der Waals surface area (Å²) in [5, 5.41) is 5.19. The summed E-state index contributed by atoms with van der Waals surface area (Å²) >= 11 is 0. The van der Waals surface area contributed by atoms with Gasteiger partial charge in [0.25, 0.3) is 0 Å². The van der Waals surface area contributed by atoms with Crippen molar-refractivity contribution in [1.82, 2.24) is 9.72 Å². The second kappa shape index (κ2) is 3.77. The SMILES string of the molecule is Cc1noc(C)c1Cn1ccc2c[c]ccc21. The molecule has 0 amide bonds. The Morgan fingerprint density at radius 3 is 3.00 bits per heavy atom. The molecule has 0 aliphatic heterocycles. The van der Waals surface area contributed by atoms with Gasteiger partial charge < -0.3 is 9.09 Å². The van der Waals surface area contributed by atoms with Crippen LogP contribution in [0, 0.1) is 19.9 Å².